The van der Waals surface area contributed by atoms with Gasteiger partial charge >= 0.3 is 0 Å². The van der Waals surface area contributed by atoms with Crippen LogP contribution in [-0.2, 0) is 15.6 Å². The molecule has 17 heavy (non-hydrogen) atoms. The number of rotatable bonds is 4. The lowest BCUT2D eigenvalue weighted by Crippen LogP contribution is -2.45. The summed E-state index contributed by atoms with van der Waals surface area (Å²) < 4.78 is 37.1. The molecule has 0 radical (unpaired) electrons. The van der Waals surface area contributed by atoms with Crippen molar-refractivity contribution in [3.8, 4) is 0 Å². The molecule has 1 aliphatic heterocycles. The molecular formula is C11H13ClFNO2S. The predicted molar refractivity (Wildman–Crippen MR) is 65.3 cm³/mol. The Morgan fingerprint density at radius 2 is 2.12 bits per heavy atom. The summed E-state index contributed by atoms with van der Waals surface area (Å²) in [6.07, 6.45) is 0. The van der Waals surface area contributed by atoms with Gasteiger partial charge in [-0.3, -0.25) is 0 Å². The first kappa shape index (κ1) is 12.8. The normalized spacial score (nSPS) is 16.8. The van der Waals surface area contributed by atoms with Crippen LogP contribution in [-0.4, -0.2) is 27.3 Å². The third-order valence-electron chi connectivity index (χ3n) is 2.75. The van der Waals surface area contributed by atoms with Crippen LogP contribution in [0.25, 0.3) is 0 Å². The molecule has 1 saturated heterocycles. The van der Waals surface area contributed by atoms with E-state index in [2.05, 4.69) is 5.32 Å². The van der Waals surface area contributed by atoms with E-state index in [4.69, 9.17) is 11.6 Å². The van der Waals surface area contributed by atoms with Crippen LogP contribution in [0, 0.1) is 11.7 Å². The third kappa shape index (κ3) is 3.40. The first-order chi connectivity index (χ1) is 7.96. The summed E-state index contributed by atoms with van der Waals surface area (Å²) >= 11 is 5.61. The molecule has 6 heteroatoms. The van der Waals surface area contributed by atoms with E-state index in [0.717, 1.165) is 19.2 Å². The van der Waals surface area contributed by atoms with Gasteiger partial charge in [0.25, 0.3) is 0 Å². The molecule has 1 N–H and O–H groups in total. The van der Waals surface area contributed by atoms with Crippen molar-refractivity contribution in [2.45, 2.75) is 5.75 Å². The fraction of sp³-hybridized carbons (Fsp3) is 0.455. The topological polar surface area (TPSA) is 46.2 Å². The fourth-order valence-electron chi connectivity index (χ4n) is 1.76. The van der Waals surface area contributed by atoms with Gasteiger partial charge in [0, 0.05) is 23.7 Å². The summed E-state index contributed by atoms with van der Waals surface area (Å²) in [5.41, 5.74) is 0.182. The molecule has 2 rings (SSSR count). The van der Waals surface area contributed by atoms with Crippen molar-refractivity contribution in [2.75, 3.05) is 18.8 Å². The Labute approximate surface area is 105 Å². The number of halogens is 2. The molecule has 1 aliphatic rings. The number of hydrogen-bond acceptors (Lipinski definition) is 3. The molecule has 1 aromatic carbocycles. The summed E-state index contributed by atoms with van der Waals surface area (Å²) in [6.45, 7) is 1.45. The monoisotopic (exact) mass is 277 g/mol. The van der Waals surface area contributed by atoms with Crippen LogP contribution in [0.2, 0.25) is 5.02 Å². The Hall–Kier alpha value is -0.650. The molecule has 0 unspecified atom stereocenters. The molecule has 94 valence electrons. The highest BCUT2D eigenvalue weighted by molar-refractivity contribution is 7.90. The molecule has 0 aromatic heterocycles. The van der Waals surface area contributed by atoms with E-state index in [1.807, 2.05) is 0 Å². The Morgan fingerprint density at radius 1 is 1.41 bits per heavy atom. The highest BCUT2D eigenvalue weighted by Crippen LogP contribution is 2.18. The Bertz CT molecular complexity index is 514. The van der Waals surface area contributed by atoms with Crippen molar-refractivity contribution < 1.29 is 12.8 Å². The maximum absolute atomic E-state index is 13.5. The zero-order valence-electron chi connectivity index (χ0n) is 9.12. The summed E-state index contributed by atoms with van der Waals surface area (Å²) in [5.74, 6) is -0.544. The van der Waals surface area contributed by atoms with E-state index in [9.17, 15) is 12.8 Å². The SMILES string of the molecule is O=S(=O)(Cc1ccc(Cl)cc1F)CC1CNC1. The third-order valence-corrected chi connectivity index (χ3v) is 4.71. The second-order valence-electron chi connectivity index (χ2n) is 4.31. The molecule has 0 saturated carbocycles. The van der Waals surface area contributed by atoms with Crippen LogP contribution in [0.3, 0.4) is 0 Å². The highest BCUT2D eigenvalue weighted by atomic mass is 35.5. The van der Waals surface area contributed by atoms with Gasteiger partial charge in [-0.1, -0.05) is 17.7 Å². The lowest BCUT2D eigenvalue weighted by atomic mass is 10.1. The number of nitrogens with one attached hydrogen (secondary N) is 1. The molecule has 3 nitrogen and oxygen atoms in total. The average Bonchev–Trinajstić information content (AvgIpc) is 2.17. The fourth-order valence-corrected chi connectivity index (χ4v) is 3.70. The smallest absolute Gasteiger partial charge is 0.154 e. The van der Waals surface area contributed by atoms with Crippen molar-refractivity contribution in [1.29, 1.82) is 0 Å². The van der Waals surface area contributed by atoms with Crippen molar-refractivity contribution in [3.63, 3.8) is 0 Å². The molecule has 0 aliphatic carbocycles. The summed E-state index contributed by atoms with van der Waals surface area (Å²) in [6, 6.07) is 4.06. The van der Waals surface area contributed by atoms with E-state index >= 15 is 0 Å². The minimum absolute atomic E-state index is 0.113. The lowest BCUT2D eigenvalue weighted by Gasteiger charge is -2.26. The Morgan fingerprint density at radius 3 is 2.65 bits per heavy atom. The minimum Gasteiger partial charge on any atom is -0.316 e. The van der Waals surface area contributed by atoms with Crippen LogP contribution in [0.1, 0.15) is 5.56 Å². The minimum atomic E-state index is -3.25. The van der Waals surface area contributed by atoms with E-state index in [0.29, 0.717) is 0 Å². The molecule has 0 bridgehead atoms. The maximum atomic E-state index is 13.5. The van der Waals surface area contributed by atoms with Crippen LogP contribution >= 0.6 is 11.6 Å². The molecule has 1 fully saturated rings. The van der Waals surface area contributed by atoms with Gasteiger partial charge in [-0.2, -0.15) is 0 Å². The highest BCUT2D eigenvalue weighted by Gasteiger charge is 2.25. The molecule has 1 heterocycles. The summed E-state index contributed by atoms with van der Waals surface area (Å²) in [4.78, 5) is 0. The van der Waals surface area contributed by atoms with Crippen LogP contribution in [0.5, 0.6) is 0 Å². The van der Waals surface area contributed by atoms with Gasteiger partial charge < -0.3 is 5.32 Å². The molecular weight excluding hydrogens is 265 g/mol. The quantitative estimate of drug-likeness (QED) is 0.910. The Balaban J connectivity index is 2.08. The van der Waals surface area contributed by atoms with E-state index in [1.54, 1.807) is 0 Å². The van der Waals surface area contributed by atoms with Crippen LogP contribution < -0.4 is 5.32 Å². The zero-order valence-corrected chi connectivity index (χ0v) is 10.7. The zero-order chi connectivity index (χ0) is 12.5. The van der Waals surface area contributed by atoms with Gasteiger partial charge in [0.05, 0.1) is 11.5 Å². The first-order valence-corrected chi connectivity index (χ1v) is 7.51. The van der Waals surface area contributed by atoms with Crippen molar-refractivity contribution in [3.05, 3.63) is 34.6 Å². The molecule has 0 amide bonds. The Kier molecular flexibility index (Phi) is 3.70. The van der Waals surface area contributed by atoms with E-state index in [1.165, 1.54) is 12.1 Å². The van der Waals surface area contributed by atoms with Crippen molar-refractivity contribution >= 4 is 21.4 Å². The molecule has 0 spiro atoms. The molecule has 0 atom stereocenters. The van der Waals surface area contributed by atoms with E-state index in [-0.39, 0.29) is 28.0 Å². The van der Waals surface area contributed by atoms with E-state index < -0.39 is 15.7 Å². The maximum Gasteiger partial charge on any atom is 0.154 e. The lowest BCUT2D eigenvalue weighted by molar-refractivity contribution is 0.378. The number of sulfone groups is 1. The van der Waals surface area contributed by atoms with Gasteiger partial charge in [-0.15, -0.1) is 0 Å². The first-order valence-electron chi connectivity index (χ1n) is 5.31. The second kappa shape index (κ2) is 4.92. The van der Waals surface area contributed by atoms with Crippen LogP contribution in [0.15, 0.2) is 18.2 Å². The van der Waals surface area contributed by atoms with Gasteiger partial charge in [-0.05, 0) is 18.1 Å². The molecule has 1 aromatic rings. The van der Waals surface area contributed by atoms with Gasteiger partial charge in [0.2, 0.25) is 0 Å². The second-order valence-corrected chi connectivity index (χ2v) is 6.86. The van der Waals surface area contributed by atoms with Gasteiger partial charge in [-0.25, -0.2) is 12.8 Å². The van der Waals surface area contributed by atoms with Crippen molar-refractivity contribution in [1.82, 2.24) is 5.32 Å². The predicted octanol–water partition coefficient (Wildman–Crippen LogP) is 1.61. The largest absolute Gasteiger partial charge is 0.316 e. The summed E-state index contributed by atoms with van der Waals surface area (Å²) in [7, 11) is -3.25. The number of hydrogen-bond donors (Lipinski definition) is 1. The number of benzene rings is 1. The van der Waals surface area contributed by atoms with Gasteiger partial charge in [0.1, 0.15) is 5.82 Å². The van der Waals surface area contributed by atoms with Gasteiger partial charge in [0.15, 0.2) is 9.84 Å². The summed E-state index contributed by atoms with van der Waals surface area (Å²) in [5, 5.41) is 3.28. The van der Waals surface area contributed by atoms with Crippen molar-refractivity contribution in [2.24, 2.45) is 5.92 Å². The van der Waals surface area contributed by atoms with Crippen LogP contribution in [0.4, 0.5) is 4.39 Å². The average molecular weight is 278 g/mol. The standard InChI is InChI=1S/C11H13ClFNO2S/c12-10-2-1-9(11(13)3-10)7-17(15,16)6-8-4-14-5-8/h1-3,8,14H,4-7H2.